The molecule has 0 radical (unpaired) electrons. The van der Waals surface area contributed by atoms with Crippen LogP contribution in [0.4, 0.5) is 16.0 Å². The molecule has 1 amide bonds. The molecule has 12 heteroatoms. The average molecular weight is 557 g/mol. The molecule has 1 aliphatic rings. The van der Waals surface area contributed by atoms with Crippen molar-refractivity contribution in [3.05, 3.63) is 81.5 Å². The van der Waals surface area contributed by atoms with E-state index in [4.69, 9.17) is 43.4 Å². The van der Waals surface area contributed by atoms with Crippen molar-refractivity contribution in [2.24, 2.45) is 0 Å². The zero-order valence-electron chi connectivity index (χ0n) is 20.7. The van der Waals surface area contributed by atoms with Crippen molar-refractivity contribution < 1.29 is 18.7 Å². The van der Waals surface area contributed by atoms with Gasteiger partial charge in [-0.2, -0.15) is 4.98 Å². The molecule has 196 valence electrons. The second-order valence-electron chi connectivity index (χ2n) is 8.72. The van der Waals surface area contributed by atoms with Crippen molar-refractivity contribution in [1.29, 1.82) is 0 Å². The minimum atomic E-state index is -0.641. The Kier molecular flexibility index (Phi) is 6.95. The van der Waals surface area contributed by atoms with Gasteiger partial charge in [-0.25, -0.2) is 14.4 Å². The fraction of sp³-hybridized carbons (Fsp3) is 0.231. The molecule has 0 fully saturated rings. The lowest BCUT2D eigenvalue weighted by Gasteiger charge is -2.29. The summed E-state index contributed by atoms with van der Waals surface area (Å²) in [5, 5.41) is 0.440. The third-order valence-electron chi connectivity index (χ3n) is 6.31. The van der Waals surface area contributed by atoms with Crippen LogP contribution >= 0.6 is 23.2 Å². The molecule has 0 bridgehead atoms. The molecule has 0 aliphatic carbocycles. The van der Waals surface area contributed by atoms with Gasteiger partial charge in [0.2, 0.25) is 11.8 Å². The van der Waals surface area contributed by atoms with Gasteiger partial charge < -0.3 is 19.8 Å². The number of hydrogen-bond donors (Lipinski definition) is 1. The van der Waals surface area contributed by atoms with Crippen LogP contribution in [0.15, 0.2) is 48.7 Å². The maximum Gasteiger partial charge on any atom is 0.279 e. The smallest absolute Gasteiger partial charge is 0.279 e. The third kappa shape index (κ3) is 4.34. The summed E-state index contributed by atoms with van der Waals surface area (Å²) in [5.74, 6) is -0.305. The molecule has 38 heavy (non-hydrogen) atoms. The van der Waals surface area contributed by atoms with Crippen molar-refractivity contribution in [3.8, 4) is 17.3 Å². The number of nitrogens with two attached hydrogens (primary N) is 1. The highest BCUT2D eigenvalue weighted by molar-refractivity contribution is 6.31. The Bertz CT molecular complexity index is 1530. The van der Waals surface area contributed by atoms with E-state index in [0.29, 0.717) is 34.4 Å². The van der Waals surface area contributed by atoms with E-state index in [0.717, 1.165) is 5.56 Å². The van der Waals surface area contributed by atoms with Crippen LogP contribution in [-0.2, 0) is 4.74 Å². The van der Waals surface area contributed by atoms with Gasteiger partial charge in [-0.3, -0.25) is 9.69 Å². The molecular weight excluding hydrogens is 534 g/mol. The summed E-state index contributed by atoms with van der Waals surface area (Å²) in [6, 6.07) is 10.4. The zero-order chi connectivity index (χ0) is 27.1. The summed E-state index contributed by atoms with van der Waals surface area (Å²) in [5.41, 5.74) is 8.23. The Labute approximate surface area is 227 Å². The standard InChI is InChI=1S/C26H23Cl2FN6O3/c1-13(12-37-2)34-22-20(32-23(34)17-11-31-26(30)33-24(17)38-3)25(36)35(16-8-9-19(29)18(28)10-16)21(22)14-4-6-15(27)7-5-14/h4-11,13,21H,12H2,1-3H3,(H2,30,31,33). The lowest BCUT2D eigenvalue weighted by Crippen LogP contribution is -2.30. The van der Waals surface area contributed by atoms with E-state index in [1.165, 1.54) is 31.5 Å². The Hall–Kier alpha value is -3.73. The Morgan fingerprint density at radius 3 is 2.53 bits per heavy atom. The van der Waals surface area contributed by atoms with E-state index in [2.05, 4.69) is 9.97 Å². The first kappa shape index (κ1) is 25.9. The number of benzene rings is 2. The number of halogens is 3. The van der Waals surface area contributed by atoms with Crippen LogP contribution in [0.5, 0.6) is 5.88 Å². The number of rotatable bonds is 7. The molecule has 2 N–H and O–H groups in total. The predicted molar refractivity (Wildman–Crippen MR) is 142 cm³/mol. The summed E-state index contributed by atoms with van der Waals surface area (Å²) < 4.78 is 26.9. The van der Waals surface area contributed by atoms with Crippen LogP contribution in [-0.4, -0.2) is 46.3 Å². The van der Waals surface area contributed by atoms with Crippen LogP contribution < -0.4 is 15.4 Å². The van der Waals surface area contributed by atoms with Crippen molar-refractivity contribution in [2.75, 3.05) is 31.5 Å². The molecular formula is C26H23Cl2FN6O3. The monoisotopic (exact) mass is 556 g/mol. The first-order chi connectivity index (χ1) is 18.2. The first-order valence-electron chi connectivity index (χ1n) is 11.6. The van der Waals surface area contributed by atoms with Crippen molar-refractivity contribution >= 4 is 40.7 Å². The van der Waals surface area contributed by atoms with E-state index in [1.54, 1.807) is 24.1 Å². The van der Waals surface area contributed by atoms with Crippen molar-refractivity contribution in [1.82, 2.24) is 19.5 Å². The average Bonchev–Trinajstić information content (AvgIpc) is 3.41. The summed E-state index contributed by atoms with van der Waals surface area (Å²) in [4.78, 5) is 28.6. The fourth-order valence-corrected chi connectivity index (χ4v) is 5.01. The number of nitrogens with zero attached hydrogens (tertiary/aromatic N) is 5. The maximum atomic E-state index is 14.0. The third-order valence-corrected chi connectivity index (χ3v) is 6.85. The number of anilines is 2. The second kappa shape index (κ2) is 10.2. The quantitative estimate of drug-likeness (QED) is 0.327. The van der Waals surface area contributed by atoms with E-state index >= 15 is 0 Å². The van der Waals surface area contributed by atoms with Gasteiger partial charge >= 0.3 is 0 Å². The number of fused-ring (bicyclic) bond motifs is 1. The highest BCUT2D eigenvalue weighted by atomic mass is 35.5. The van der Waals surface area contributed by atoms with Gasteiger partial charge in [-0.05, 0) is 42.8 Å². The molecule has 5 rings (SSSR count). The fourth-order valence-electron chi connectivity index (χ4n) is 4.71. The second-order valence-corrected chi connectivity index (χ2v) is 9.57. The van der Waals surface area contributed by atoms with E-state index in [9.17, 15) is 9.18 Å². The number of nitrogen functional groups attached to an aromatic ring is 1. The van der Waals surface area contributed by atoms with Crippen LogP contribution in [0.2, 0.25) is 10.0 Å². The van der Waals surface area contributed by atoms with Crippen LogP contribution in [0, 0.1) is 5.82 Å². The number of carbonyl (C=O) groups excluding carboxylic acids is 1. The molecule has 4 aromatic rings. The van der Waals surface area contributed by atoms with Crippen LogP contribution in [0.25, 0.3) is 11.4 Å². The summed E-state index contributed by atoms with van der Waals surface area (Å²) >= 11 is 12.3. The van der Waals surface area contributed by atoms with Crippen LogP contribution in [0.3, 0.4) is 0 Å². The first-order valence-corrected chi connectivity index (χ1v) is 12.3. The van der Waals surface area contributed by atoms with Gasteiger partial charge in [-0.1, -0.05) is 35.3 Å². The normalized spacial score (nSPS) is 15.6. The number of amides is 1. The highest BCUT2D eigenvalue weighted by Crippen LogP contribution is 2.46. The van der Waals surface area contributed by atoms with Gasteiger partial charge in [-0.15, -0.1) is 0 Å². The number of methoxy groups -OCH3 is 2. The predicted octanol–water partition coefficient (Wildman–Crippen LogP) is 5.33. The van der Waals surface area contributed by atoms with E-state index < -0.39 is 11.9 Å². The van der Waals surface area contributed by atoms with Gasteiger partial charge in [0.15, 0.2) is 5.69 Å². The lowest BCUT2D eigenvalue weighted by atomic mass is 10.0. The number of carbonyl (C=O) groups is 1. The molecule has 9 nitrogen and oxygen atoms in total. The topological polar surface area (TPSA) is 108 Å². The Balaban J connectivity index is 1.79. The Morgan fingerprint density at radius 2 is 1.87 bits per heavy atom. The minimum absolute atomic E-state index is 0.0377. The van der Waals surface area contributed by atoms with Crippen molar-refractivity contribution in [2.45, 2.75) is 19.0 Å². The molecule has 2 aromatic heterocycles. The lowest BCUT2D eigenvalue weighted by molar-refractivity contribution is 0.0989. The number of aromatic nitrogens is 4. The van der Waals surface area contributed by atoms with Gasteiger partial charge in [0.25, 0.3) is 5.91 Å². The molecule has 3 heterocycles. The number of ether oxygens (including phenoxy) is 2. The SMILES string of the molecule is COCC(C)n1c(-c2cnc(N)nc2OC)nc2c1C(c1ccc(Cl)cc1)N(c1ccc(F)c(Cl)c1)C2=O. The van der Waals surface area contributed by atoms with Gasteiger partial charge in [0.1, 0.15) is 17.7 Å². The molecule has 2 atom stereocenters. The largest absolute Gasteiger partial charge is 0.480 e. The van der Waals surface area contributed by atoms with Crippen LogP contribution in [0.1, 0.15) is 40.8 Å². The van der Waals surface area contributed by atoms with Gasteiger partial charge in [0, 0.05) is 24.0 Å². The summed E-state index contributed by atoms with van der Waals surface area (Å²) in [6.07, 6.45) is 1.51. The minimum Gasteiger partial charge on any atom is -0.480 e. The Morgan fingerprint density at radius 1 is 1.13 bits per heavy atom. The maximum absolute atomic E-state index is 14.0. The molecule has 2 aromatic carbocycles. The van der Waals surface area contributed by atoms with E-state index in [1.807, 2.05) is 23.6 Å². The summed E-state index contributed by atoms with van der Waals surface area (Å²) in [6.45, 7) is 2.26. The number of imidazole rings is 1. The summed E-state index contributed by atoms with van der Waals surface area (Å²) in [7, 11) is 3.06. The number of hydrogen-bond acceptors (Lipinski definition) is 7. The highest BCUT2D eigenvalue weighted by Gasteiger charge is 2.45. The zero-order valence-corrected chi connectivity index (χ0v) is 22.2. The molecule has 0 spiro atoms. The molecule has 0 saturated heterocycles. The molecule has 1 aliphatic heterocycles. The molecule has 2 unspecified atom stereocenters. The molecule has 0 saturated carbocycles. The van der Waals surface area contributed by atoms with E-state index in [-0.39, 0.29) is 34.5 Å². The van der Waals surface area contributed by atoms with Crippen molar-refractivity contribution in [3.63, 3.8) is 0 Å². The van der Waals surface area contributed by atoms with Gasteiger partial charge in [0.05, 0.1) is 36.0 Å².